The molecule has 105 heavy (non-hydrogen) atoms. The third kappa shape index (κ3) is 28.4. The lowest BCUT2D eigenvalue weighted by molar-refractivity contribution is -0.143. The molecule has 1 saturated heterocycles. The maximum Gasteiger partial charge on any atom is 0.415 e. The number of likely N-dealkylation sites (tertiary alicyclic amines) is 1. The van der Waals surface area contributed by atoms with Gasteiger partial charge < -0.3 is 71.7 Å². The molecule has 12 amide bonds. The van der Waals surface area contributed by atoms with Crippen molar-refractivity contribution in [3.05, 3.63) is 87.9 Å². The summed E-state index contributed by atoms with van der Waals surface area (Å²) < 4.78 is 17.7. The van der Waals surface area contributed by atoms with E-state index in [4.69, 9.17) is 24.9 Å². The van der Waals surface area contributed by atoms with Gasteiger partial charge >= 0.3 is 24.2 Å². The average Bonchev–Trinajstić information content (AvgIpc) is 1.58. The largest absolute Gasteiger partial charge is 0.481 e. The number of unbranched alkanes of at least 4 members (excludes halogenated alkanes) is 2. The number of amides is 12. The lowest BCUT2D eigenvalue weighted by atomic mass is 9.92. The highest BCUT2D eigenvalue weighted by Gasteiger charge is 2.39. The summed E-state index contributed by atoms with van der Waals surface area (Å²) in [7, 11) is 4.96. The van der Waals surface area contributed by atoms with E-state index in [1.807, 2.05) is 39.6 Å². The molecule has 9 atom stereocenters. The molecule has 1 aromatic heterocycles. The third-order valence-electron chi connectivity index (χ3n) is 18.8. The van der Waals surface area contributed by atoms with Gasteiger partial charge in [-0.3, -0.25) is 53.0 Å². The summed E-state index contributed by atoms with van der Waals surface area (Å²) in [5.41, 5.74) is 7.01. The summed E-state index contributed by atoms with van der Waals surface area (Å²) in [5, 5.41) is 29.1. The fourth-order valence-corrected chi connectivity index (χ4v) is 13.1. The number of nitrogens with zero attached hydrogens (tertiary/aromatic N) is 6. The quantitative estimate of drug-likeness (QED) is 0.0197. The molecule has 0 saturated carbocycles. The van der Waals surface area contributed by atoms with Crippen LogP contribution in [0.3, 0.4) is 0 Å². The molecule has 2 aliphatic heterocycles. The van der Waals surface area contributed by atoms with Crippen LogP contribution >= 0.6 is 11.3 Å². The number of carboxylic acid groups (broad SMARTS) is 1. The second-order valence-electron chi connectivity index (χ2n) is 28.1. The Labute approximate surface area is 621 Å². The first-order valence-corrected chi connectivity index (χ1v) is 37.7. The first kappa shape index (κ1) is 86.6. The van der Waals surface area contributed by atoms with Crippen LogP contribution in [0, 0.1) is 23.7 Å². The predicted molar refractivity (Wildman–Crippen MR) is 397 cm³/mol. The number of likely N-dealkylation sites (N-methyl/N-ethyl adjacent to an activating group) is 3. The topological polar surface area (TPSA) is 380 Å². The number of aliphatic carboxylic acids is 1. The SMILES string of the molecule is CCCO[C@H](C[C@H](C(C)C)N(CCC)C(=O)[C@@H](NC(=O)[C@H]1CCCCN1C)[C@@H](C)CC)c1nc(C(=O)N[C@@H](Cc2ccc(OC(=O)N(C)CCN(C)C(=O)OCc3ccc(NC(=O)[C@@H](CCCNC(N)=O)NC(=O)[C@H](NC(=O)CCCCCN4C(=O)C=CC4=O)C(C)C)cc3)cc2)C[C@H](C)C(=O)O)cs1. The molecule has 2 aliphatic rings. The summed E-state index contributed by atoms with van der Waals surface area (Å²) in [6, 6.07) is 8.23. The molecule has 1 fully saturated rings. The minimum absolute atomic E-state index is 0.0123. The Morgan fingerprint density at radius 3 is 2.02 bits per heavy atom. The number of urea groups is 1. The van der Waals surface area contributed by atoms with E-state index < -0.39 is 78.1 Å². The molecule has 30 heteroatoms. The van der Waals surface area contributed by atoms with Crippen LogP contribution in [0.4, 0.5) is 20.1 Å². The summed E-state index contributed by atoms with van der Waals surface area (Å²) in [4.78, 5) is 169. The summed E-state index contributed by atoms with van der Waals surface area (Å²) in [6.45, 7) is 19.3. The first-order chi connectivity index (χ1) is 49.9. The summed E-state index contributed by atoms with van der Waals surface area (Å²) >= 11 is 1.27. The molecule has 0 bridgehead atoms. The number of anilines is 1. The number of primary amides is 1. The van der Waals surface area contributed by atoms with Crippen LogP contribution in [0.15, 0.2) is 66.1 Å². The Bertz CT molecular complexity index is 3390. The van der Waals surface area contributed by atoms with Gasteiger partial charge in [0, 0.05) is 102 Å². The normalized spacial score (nSPS) is 16.0. The molecule has 3 aromatic rings. The van der Waals surface area contributed by atoms with Crippen LogP contribution in [0.1, 0.15) is 185 Å². The van der Waals surface area contributed by atoms with Crippen LogP contribution in [-0.4, -0.2) is 209 Å². The van der Waals surface area contributed by atoms with Gasteiger partial charge in [-0.1, -0.05) is 106 Å². The number of carbonyl (C=O) groups excluding carboxylic acids is 11. The van der Waals surface area contributed by atoms with E-state index in [-0.39, 0.29) is 136 Å². The highest BCUT2D eigenvalue weighted by atomic mass is 32.1. The third-order valence-corrected chi connectivity index (χ3v) is 19.7. The number of hydrogen-bond donors (Lipinski definition) is 8. The Hall–Kier alpha value is -9.03. The number of thiazole rings is 1. The van der Waals surface area contributed by atoms with Gasteiger partial charge in [0.1, 0.15) is 47.3 Å². The maximum absolute atomic E-state index is 14.9. The number of nitrogens with two attached hydrogens (primary N) is 1. The van der Waals surface area contributed by atoms with E-state index in [1.54, 1.807) is 74.7 Å². The number of piperidine rings is 1. The maximum atomic E-state index is 14.9. The van der Waals surface area contributed by atoms with Crippen molar-refractivity contribution in [2.45, 2.75) is 208 Å². The van der Waals surface area contributed by atoms with E-state index in [2.05, 4.69) is 50.6 Å². The molecular weight excluding hydrogens is 1370 g/mol. The molecular formula is C75H113N13O16S. The van der Waals surface area contributed by atoms with Crippen molar-refractivity contribution in [2.24, 2.45) is 29.4 Å². The minimum Gasteiger partial charge on any atom is -0.481 e. The van der Waals surface area contributed by atoms with Crippen LogP contribution in [0.2, 0.25) is 0 Å². The summed E-state index contributed by atoms with van der Waals surface area (Å²) in [6.07, 6.45) is 7.94. The molecule has 29 nitrogen and oxygen atoms in total. The Morgan fingerprint density at radius 1 is 0.743 bits per heavy atom. The monoisotopic (exact) mass is 1480 g/mol. The number of nitrogens with one attached hydrogen (secondary N) is 6. The van der Waals surface area contributed by atoms with E-state index >= 15 is 0 Å². The van der Waals surface area contributed by atoms with Crippen LogP contribution < -0.4 is 42.4 Å². The van der Waals surface area contributed by atoms with E-state index in [0.29, 0.717) is 74.4 Å². The number of rotatable bonds is 44. The first-order valence-electron chi connectivity index (χ1n) is 36.8. The highest BCUT2D eigenvalue weighted by Crippen LogP contribution is 2.32. The smallest absolute Gasteiger partial charge is 0.415 e. The number of carboxylic acids is 1. The van der Waals surface area contributed by atoms with Crippen molar-refractivity contribution >= 4 is 88.5 Å². The van der Waals surface area contributed by atoms with E-state index in [1.165, 1.54) is 47.4 Å². The second-order valence-corrected chi connectivity index (χ2v) is 29.0. The number of carbonyl (C=O) groups is 12. The van der Waals surface area contributed by atoms with Crippen LogP contribution in [0.25, 0.3) is 0 Å². The molecule has 0 radical (unpaired) electrons. The van der Waals surface area contributed by atoms with Crippen molar-refractivity contribution in [3.63, 3.8) is 0 Å². The number of hydrogen-bond acceptors (Lipinski definition) is 18. The molecule has 2 aromatic carbocycles. The number of imide groups is 1. The van der Waals surface area contributed by atoms with Gasteiger partial charge in [0.15, 0.2) is 0 Å². The lowest BCUT2D eigenvalue weighted by Crippen LogP contribution is -2.58. The zero-order chi connectivity index (χ0) is 77.4. The minimum atomic E-state index is -1.09. The van der Waals surface area contributed by atoms with E-state index in [9.17, 15) is 62.6 Å². The van der Waals surface area contributed by atoms with Gasteiger partial charge in [-0.2, -0.15) is 0 Å². The molecule has 0 aliphatic carbocycles. The number of aromatic nitrogens is 1. The zero-order valence-electron chi connectivity index (χ0n) is 63.2. The Balaban J connectivity index is 1.12. The Morgan fingerprint density at radius 2 is 1.41 bits per heavy atom. The highest BCUT2D eigenvalue weighted by molar-refractivity contribution is 7.09. The number of ether oxygens (including phenoxy) is 3. The molecule has 3 heterocycles. The fourth-order valence-electron chi connectivity index (χ4n) is 12.2. The van der Waals surface area contributed by atoms with Gasteiger partial charge in [-0.25, -0.2) is 19.4 Å². The van der Waals surface area contributed by atoms with Crippen molar-refractivity contribution in [1.82, 2.24) is 56.1 Å². The van der Waals surface area contributed by atoms with Crippen LogP contribution in [0.5, 0.6) is 5.75 Å². The van der Waals surface area contributed by atoms with Gasteiger partial charge in [0.2, 0.25) is 29.5 Å². The van der Waals surface area contributed by atoms with Gasteiger partial charge in [0.05, 0.1) is 12.0 Å². The van der Waals surface area contributed by atoms with Crippen molar-refractivity contribution < 1.29 is 76.9 Å². The standard InChI is InChI=1S/C75H113N13O16S/c1-13-36-87(71(96)65(49(8)15-3)83-68(94)58-23-18-20-37-84(58)10)59(47(4)5)44-60(102-41-14-2)70-81-57(46-105-70)67(93)79-54(42-50(9)72(97)98)43-51-27-31-55(32-28-51)104-75(101)86(12)40-39-85(11)74(100)103-45-52-25-29-53(30-26-52)78-66(92)56(22-21-35-77-73(76)99)80-69(95)64(48(6)7)82-61(89)24-17-16-19-38-88-62(90)33-34-63(88)91/h25-34,46-50,54,56,58-60,64-65H,13-24,35-45H2,1-12H3,(H,78,92)(H,79,93)(H,80,95)(H,82,89)(H,83,94)(H,97,98)(H3,76,77,99)/t49-,50-,54+,56+,58+,59+,60+,64+,65-/m0/s1. The van der Waals surface area contributed by atoms with Crippen molar-refractivity contribution in [3.8, 4) is 5.75 Å². The number of benzene rings is 2. The zero-order valence-corrected chi connectivity index (χ0v) is 64.0. The fraction of sp³-hybridized carbons (Fsp3) is 0.613. The van der Waals surface area contributed by atoms with Crippen molar-refractivity contribution in [1.29, 1.82) is 0 Å². The molecule has 9 N–H and O–H groups in total. The average molecular weight is 1480 g/mol. The van der Waals surface area contributed by atoms with Crippen LogP contribution in [-0.2, 0) is 60.9 Å². The second kappa shape index (κ2) is 44.1. The molecule has 5 rings (SSSR count). The molecule has 0 unspecified atom stereocenters. The summed E-state index contributed by atoms with van der Waals surface area (Å²) in [5.74, 6) is -5.21. The van der Waals surface area contributed by atoms with Gasteiger partial charge in [-0.05, 0) is 131 Å². The molecule has 0 spiro atoms. The Kier molecular flexibility index (Phi) is 36.3. The van der Waals surface area contributed by atoms with E-state index in [0.717, 1.165) is 36.3 Å². The van der Waals surface area contributed by atoms with Gasteiger partial charge in [0.25, 0.3) is 17.7 Å². The molecule has 580 valence electrons. The predicted octanol–water partition coefficient (Wildman–Crippen LogP) is 7.93. The van der Waals surface area contributed by atoms with Crippen molar-refractivity contribution in [2.75, 3.05) is 72.3 Å². The lowest BCUT2D eigenvalue weighted by Gasteiger charge is -2.40. The van der Waals surface area contributed by atoms with Gasteiger partial charge in [-0.15, -0.1) is 11.3 Å².